The maximum Gasteiger partial charge on any atom is 0.221 e. The molecule has 0 atom stereocenters. The molecule has 0 saturated heterocycles. The smallest absolute Gasteiger partial charge is 0.221 e. The van der Waals surface area contributed by atoms with Gasteiger partial charge in [-0.15, -0.1) is 0 Å². The molecule has 3 heterocycles. The van der Waals surface area contributed by atoms with Gasteiger partial charge in [0, 0.05) is 10.8 Å². The molecule has 3 aromatic heterocycles. The second kappa shape index (κ2) is 8.01. The van der Waals surface area contributed by atoms with Crippen molar-refractivity contribution in [3.8, 4) is 16.9 Å². The van der Waals surface area contributed by atoms with E-state index in [9.17, 15) is 0 Å². The Hall–Kier alpha value is -5.48. The zero-order valence-corrected chi connectivity index (χ0v) is 21.5. The number of imidazole rings is 2. The second-order valence-electron chi connectivity index (χ2n) is 10.3. The maximum absolute atomic E-state index is 5.36. The monoisotopic (exact) mass is 510 g/mol. The van der Waals surface area contributed by atoms with E-state index in [1.54, 1.807) is 0 Å². The molecule has 186 valence electrons. The van der Waals surface area contributed by atoms with E-state index < -0.39 is 0 Å². The highest BCUT2D eigenvalue weighted by atomic mass is 15.2. The van der Waals surface area contributed by atoms with Crippen LogP contribution in [0.15, 0.2) is 133 Å². The number of pyridine rings is 1. The normalized spacial score (nSPS) is 12.0. The second-order valence-corrected chi connectivity index (χ2v) is 10.3. The van der Waals surface area contributed by atoms with Crippen LogP contribution in [0.2, 0.25) is 0 Å². The van der Waals surface area contributed by atoms with E-state index in [1.165, 1.54) is 27.3 Å². The number of benzene rings is 6. The number of hydrogen-bond acceptors (Lipinski definition) is 2. The van der Waals surface area contributed by atoms with Gasteiger partial charge in [0.05, 0.1) is 27.6 Å². The SMILES string of the molecule is c1ccc(-c2ccc3c(c2)n2c4ccccc4nc2n3-c2ccc3c4ccccc4c4ccccc4c3n2)cc1. The summed E-state index contributed by atoms with van der Waals surface area (Å²) in [5, 5.41) is 6.01. The highest BCUT2D eigenvalue weighted by Gasteiger charge is 2.19. The first-order valence-corrected chi connectivity index (χ1v) is 13.5. The van der Waals surface area contributed by atoms with E-state index in [-0.39, 0.29) is 0 Å². The molecule has 0 radical (unpaired) electrons. The van der Waals surface area contributed by atoms with Crippen molar-refractivity contribution < 1.29 is 0 Å². The average molecular weight is 511 g/mol. The van der Waals surface area contributed by atoms with Crippen LogP contribution >= 0.6 is 0 Å². The molecule has 40 heavy (non-hydrogen) atoms. The molecule has 0 bridgehead atoms. The zero-order chi connectivity index (χ0) is 26.2. The van der Waals surface area contributed by atoms with Crippen molar-refractivity contribution in [2.24, 2.45) is 0 Å². The van der Waals surface area contributed by atoms with Crippen LogP contribution in [0.5, 0.6) is 0 Å². The van der Waals surface area contributed by atoms with Gasteiger partial charge in [-0.05, 0) is 63.7 Å². The van der Waals surface area contributed by atoms with Gasteiger partial charge in [-0.2, -0.15) is 0 Å². The summed E-state index contributed by atoms with van der Waals surface area (Å²) in [6.07, 6.45) is 0. The average Bonchev–Trinajstić information content (AvgIpc) is 3.55. The highest BCUT2D eigenvalue weighted by Crippen LogP contribution is 2.36. The molecule has 0 unspecified atom stereocenters. The van der Waals surface area contributed by atoms with E-state index in [1.807, 2.05) is 6.07 Å². The van der Waals surface area contributed by atoms with Crippen LogP contribution in [0.1, 0.15) is 0 Å². The minimum Gasteiger partial charge on any atom is -0.276 e. The molecule has 4 nitrogen and oxygen atoms in total. The summed E-state index contributed by atoms with van der Waals surface area (Å²) in [7, 11) is 0. The summed E-state index contributed by atoms with van der Waals surface area (Å²) >= 11 is 0. The van der Waals surface area contributed by atoms with Crippen molar-refractivity contribution >= 4 is 60.3 Å². The number of rotatable bonds is 2. The highest BCUT2D eigenvalue weighted by molar-refractivity contribution is 6.24. The molecule has 0 aliphatic carbocycles. The van der Waals surface area contributed by atoms with Gasteiger partial charge in [0.1, 0.15) is 5.82 Å². The van der Waals surface area contributed by atoms with Gasteiger partial charge in [-0.1, -0.05) is 97.1 Å². The van der Waals surface area contributed by atoms with Crippen LogP contribution < -0.4 is 0 Å². The van der Waals surface area contributed by atoms with Gasteiger partial charge in [-0.3, -0.25) is 8.97 Å². The Morgan fingerprint density at radius 3 is 1.88 bits per heavy atom. The number of hydrogen-bond donors (Lipinski definition) is 0. The summed E-state index contributed by atoms with van der Waals surface area (Å²) in [6.45, 7) is 0. The summed E-state index contributed by atoms with van der Waals surface area (Å²) in [5.74, 6) is 1.72. The first-order chi connectivity index (χ1) is 19.8. The number of aromatic nitrogens is 4. The fraction of sp³-hybridized carbons (Fsp3) is 0. The molecule has 0 N–H and O–H groups in total. The zero-order valence-electron chi connectivity index (χ0n) is 21.5. The van der Waals surface area contributed by atoms with E-state index in [2.05, 4.69) is 136 Å². The van der Waals surface area contributed by atoms with Gasteiger partial charge in [0.15, 0.2) is 0 Å². The Morgan fingerprint density at radius 2 is 1.07 bits per heavy atom. The third-order valence-electron chi connectivity index (χ3n) is 8.11. The Labute approximate surface area is 229 Å². The first kappa shape index (κ1) is 21.5. The number of nitrogens with zero attached hydrogens (tertiary/aromatic N) is 4. The summed E-state index contributed by atoms with van der Waals surface area (Å²) in [4.78, 5) is 10.5. The van der Waals surface area contributed by atoms with Gasteiger partial charge in [0.2, 0.25) is 5.78 Å². The lowest BCUT2D eigenvalue weighted by Crippen LogP contribution is -1.99. The molecule has 0 aliphatic rings. The van der Waals surface area contributed by atoms with Gasteiger partial charge in [0.25, 0.3) is 0 Å². The molecular formula is C36H22N4. The summed E-state index contributed by atoms with van der Waals surface area (Å²) in [6, 6.07) is 47.1. The van der Waals surface area contributed by atoms with Crippen LogP contribution in [0, 0.1) is 0 Å². The van der Waals surface area contributed by atoms with Crippen LogP contribution in [0.3, 0.4) is 0 Å². The molecule has 4 heteroatoms. The van der Waals surface area contributed by atoms with E-state index in [0.29, 0.717) is 0 Å². The van der Waals surface area contributed by atoms with Crippen LogP contribution in [-0.2, 0) is 0 Å². The quantitative estimate of drug-likeness (QED) is 0.218. The first-order valence-electron chi connectivity index (χ1n) is 13.5. The minimum absolute atomic E-state index is 0.857. The van der Waals surface area contributed by atoms with Crippen molar-refractivity contribution in [2.75, 3.05) is 0 Å². The predicted octanol–water partition coefficient (Wildman–Crippen LogP) is 8.95. The third kappa shape index (κ3) is 2.90. The summed E-state index contributed by atoms with van der Waals surface area (Å²) in [5.41, 5.74) is 7.61. The lowest BCUT2D eigenvalue weighted by Gasteiger charge is -2.12. The molecule has 9 rings (SSSR count). The van der Waals surface area contributed by atoms with Crippen molar-refractivity contribution in [2.45, 2.75) is 0 Å². The fourth-order valence-corrected chi connectivity index (χ4v) is 6.31. The molecular weight excluding hydrogens is 488 g/mol. The molecule has 0 fully saturated rings. The van der Waals surface area contributed by atoms with Crippen LogP contribution in [0.25, 0.3) is 77.2 Å². The number of fused-ring (bicyclic) bond motifs is 11. The van der Waals surface area contributed by atoms with Gasteiger partial charge < -0.3 is 0 Å². The lowest BCUT2D eigenvalue weighted by molar-refractivity contribution is 1.06. The van der Waals surface area contributed by atoms with Crippen molar-refractivity contribution in [3.05, 3.63) is 133 Å². The van der Waals surface area contributed by atoms with Gasteiger partial charge >= 0.3 is 0 Å². The molecule has 0 saturated carbocycles. The Morgan fingerprint density at radius 1 is 0.425 bits per heavy atom. The molecule has 0 amide bonds. The largest absolute Gasteiger partial charge is 0.276 e. The fourth-order valence-electron chi connectivity index (χ4n) is 6.31. The molecule has 0 spiro atoms. The molecule has 6 aromatic carbocycles. The van der Waals surface area contributed by atoms with E-state index in [4.69, 9.17) is 9.97 Å². The van der Waals surface area contributed by atoms with E-state index >= 15 is 0 Å². The van der Waals surface area contributed by atoms with E-state index in [0.717, 1.165) is 50.0 Å². The van der Waals surface area contributed by atoms with Crippen molar-refractivity contribution in [3.63, 3.8) is 0 Å². The van der Waals surface area contributed by atoms with Crippen molar-refractivity contribution in [1.29, 1.82) is 0 Å². The van der Waals surface area contributed by atoms with Gasteiger partial charge in [-0.25, -0.2) is 9.97 Å². The third-order valence-corrected chi connectivity index (χ3v) is 8.11. The molecule has 0 aliphatic heterocycles. The topological polar surface area (TPSA) is 35.1 Å². The predicted molar refractivity (Wildman–Crippen MR) is 165 cm³/mol. The number of para-hydroxylation sites is 2. The van der Waals surface area contributed by atoms with Crippen LogP contribution in [0.4, 0.5) is 0 Å². The summed E-state index contributed by atoms with van der Waals surface area (Å²) < 4.78 is 4.47. The standard InChI is InChI=1S/C36H22N4/c1-2-10-23(11-3-1)24-18-20-32-33(22-24)39-31-17-9-8-16-30(31)37-36(39)40(32)34-21-19-29-27-14-5-4-12-25(27)26-13-6-7-15-28(26)35(29)38-34/h1-22H. The molecule has 9 aromatic rings. The van der Waals surface area contributed by atoms with Crippen LogP contribution in [-0.4, -0.2) is 18.9 Å². The Bertz CT molecular complexity index is 2400. The lowest BCUT2D eigenvalue weighted by atomic mass is 9.97. The Balaban J connectivity index is 1.41. The minimum atomic E-state index is 0.857. The Kier molecular flexibility index (Phi) is 4.30. The van der Waals surface area contributed by atoms with Crippen molar-refractivity contribution in [1.82, 2.24) is 18.9 Å². The maximum atomic E-state index is 5.36.